The van der Waals surface area contributed by atoms with Crippen molar-refractivity contribution in [3.8, 4) is 22.3 Å². The second-order valence-electron chi connectivity index (χ2n) is 13.0. The Kier molecular flexibility index (Phi) is 7.24. The number of rotatable bonds is 6. The molecule has 49 heavy (non-hydrogen) atoms. The van der Waals surface area contributed by atoms with Crippen LogP contribution in [0.2, 0.25) is 0 Å². The number of furan rings is 1. The predicted molar refractivity (Wildman–Crippen MR) is 204 cm³/mol. The van der Waals surface area contributed by atoms with E-state index in [0.29, 0.717) is 0 Å². The molecule has 0 amide bonds. The molecule has 234 valence electrons. The van der Waals surface area contributed by atoms with E-state index in [1.54, 1.807) is 0 Å². The lowest BCUT2D eigenvalue weighted by Gasteiger charge is -2.23. The lowest BCUT2D eigenvalue weighted by molar-refractivity contribution is -0.588. The molecule has 0 bridgehead atoms. The van der Waals surface area contributed by atoms with E-state index in [9.17, 15) is 0 Å². The largest absolute Gasteiger partial charge is 0.456 e. The Morgan fingerprint density at radius 3 is 2.06 bits per heavy atom. The zero-order valence-electron chi connectivity index (χ0n) is 27.4. The third-order valence-corrected chi connectivity index (χ3v) is 9.89. The van der Waals surface area contributed by atoms with E-state index in [-0.39, 0.29) is 6.17 Å². The summed E-state index contributed by atoms with van der Waals surface area (Å²) < 4.78 is 8.82. The fourth-order valence-corrected chi connectivity index (χ4v) is 7.37. The van der Waals surface area contributed by atoms with Gasteiger partial charge in [-0.1, -0.05) is 133 Å². The van der Waals surface area contributed by atoms with Crippen molar-refractivity contribution in [1.82, 2.24) is 0 Å². The Hall–Kier alpha value is -6.06. The Labute approximate surface area is 286 Å². The maximum Gasteiger partial charge on any atom is 0.273 e. The van der Waals surface area contributed by atoms with E-state index in [1.165, 1.54) is 44.3 Å². The smallest absolute Gasteiger partial charge is 0.273 e. The maximum absolute atomic E-state index is 6.34. The van der Waals surface area contributed by atoms with E-state index in [4.69, 9.17) is 9.41 Å². The molecule has 0 N–H and O–H groups in total. The minimum absolute atomic E-state index is 0.206. The molecule has 0 spiro atoms. The van der Waals surface area contributed by atoms with Gasteiger partial charge in [0, 0.05) is 23.3 Å². The van der Waals surface area contributed by atoms with Gasteiger partial charge in [-0.05, 0) is 68.9 Å². The van der Waals surface area contributed by atoms with Crippen molar-refractivity contribution in [1.29, 1.82) is 0 Å². The van der Waals surface area contributed by atoms with Gasteiger partial charge in [0.2, 0.25) is 0 Å². The number of fused-ring (bicyclic) bond motifs is 4. The average molecular weight is 632 g/mol. The van der Waals surface area contributed by atoms with Crippen molar-refractivity contribution in [2.45, 2.75) is 26.1 Å². The topological polar surface area (TPSA) is 28.5 Å². The van der Waals surface area contributed by atoms with Gasteiger partial charge in [-0.3, -0.25) is 0 Å². The summed E-state index contributed by atoms with van der Waals surface area (Å²) in [4.78, 5) is 5.59. The first-order chi connectivity index (χ1) is 24.2. The average Bonchev–Trinajstić information content (AvgIpc) is 3.55. The van der Waals surface area contributed by atoms with Crippen LogP contribution in [0.15, 0.2) is 173 Å². The van der Waals surface area contributed by atoms with Crippen LogP contribution < -0.4 is 0 Å². The minimum Gasteiger partial charge on any atom is -0.456 e. The van der Waals surface area contributed by atoms with Gasteiger partial charge in [0.05, 0.1) is 17.7 Å². The molecule has 0 aliphatic carbocycles. The van der Waals surface area contributed by atoms with Crippen molar-refractivity contribution in [3.05, 3.63) is 180 Å². The molecular weight excluding hydrogens is 597 g/mol. The summed E-state index contributed by atoms with van der Waals surface area (Å²) in [6.45, 7) is 3.03. The highest BCUT2D eigenvalue weighted by Crippen LogP contribution is 2.38. The number of benzene rings is 7. The maximum atomic E-state index is 6.34. The number of hydrogen-bond donors (Lipinski definition) is 0. The van der Waals surface area contributed by atoms with Gasteiger partial charge in [0.25, 0.3) is 6.17 Å². The van der Waals surface area contributed by atoms with Crippen molar-refractivity contribution < 1.29 is 8.99 Å². The molecule has 1 aliphatic heterocycles. The molecule has 0 saturated heterocycles. The summed E-state index contributed by atoms with van der Waals surface area (Å²) in [6, 6.07) is 58.4. The van der Waals surface area contributed by atoms with Crippen molar-refractivity contribution in [2.24, 2.45) is 4.99 Å². The van der Waals surface area contributed by atoms with Crippen LogP contribution in [-0.2, 0) is 6.54 Å². The van der Waals surface area contributed by atoms with Gasteiger partial charge in [0.1, 0.15) is 11.2 Å². The first-order valence-corrected chi connectivity index (χ1v) is 17.0. The van der Waals surface area contributed by atoms with Crippen LogP contribution >= 0.6 is 0 Å². The first kappa shape index (κ1) is 29.1. The predicted octanol–water partition coefficient (Wildman–Crippen LogP) is 11.6. The Morgan fingerprint density at radius 2 is 1.22 bits per heavy atom. The fourth-order valence-electron chi connectivity index (χ4n) is 7.37. The third-order valence-electron chi connectivity index (χ3n) is 9.89. The molecule has 3 nitrogen and oxygen atoms in total. The van der Waals surface area contributed by atoms with Gasteiger partial charge < -0.3 is 4.42 Å². The zero-order chi connectivity index (χ0) is 32.7. The second-order valence-corrected chi connectivity index (χ2v) is 13.0. The van der Waals surface area contributed by atoms with E-state index < -0.39 is 0 Å². The summed E-state index contributed by atoms with van der Waals surface area (Å²) in [5, 5.41) is 4.78. The van der Waals surface area contributed by atoms with E-state index >= 15 is 0 Å². The molecule has 0 fully saturated rings. The normalized spacial score (nSPS) is 14.9. The summed E-state index contributed by atoms with van der Waals surface area (Å²) in [5.74, 6) is 0. The van der Waals surface area contributed by atoms with E-state index in [1.807, 2.05) is 6.07 Å². The number of aliphatic imine (C=N–C) groups is 1. The Balaban J connectivity index is 1.12. The van der Waals surface area contributed by atoms with Crippen LogP contribution in [0.3, 0.4) is 0 Å². The molecule has 0 radical (unpaired) electrons. The van der Waals surface area contributed by atoms with Gasteiger partial charge in [-0.2, -0.15) is 0 Å². The van der Waals surface area contributed by atoms with Crippen LogP contribution in [-0.4, -0.2) is 16.0 Å². The summed E-state index contributed by atoms with van der Waals surface area (Å²) in [7, 11) is 0. The van der Waals surface area contributed by atoms with Crippen molar-refractivity contribution >= 4 is 44.1 Å². The molecule has 9 rings (SSSR count). The molecule has 1 aromatic heterocycles. The highest BCUT2D eigenvalue weighted by Gasteiger charge is 2.33. The van der Waals surface area contributed by atoms with Crippen LogP contribution in [0.4, 0.5) is 0 Å². The van der Waals surface area contributed by atoms with E-state index in [0.717, 1.165) is 51.7 Å². The summed E-state index contributed by atoms with van der Waals surface area (Å²) >= 11 is 0. The molecule has 1 atom stereocenters. The SMILES string of the molecule is CC1=[N+](Cc2ccc3ccccc3c2)C(c2cccc3oc4ccccc4c23)N=C(c2ccc(-c3cccc(-c4ccccc4)c3)cc2)C1. The third kappa shape index (κ3) is 5.44. The number of nitrogens with zero attached hydrogens (tertiary/aromatic N) is 2. The lowest BCUT2D eigenvalue weighted by atomic mass is 9.95. The number of para-hydroxylation sites is 1. The number of hydrogen-bond acceptors (Lipinski definition) is 2. The standard InChI is InChI=1S/C46H35N2O/c1-31-27-42(36-25-23-35(24-26-36)39-16-9-15-38(29-39)33-11-3-2-4-12-33)47-46(48(31)30-32-21-22-34-13-5-6-14-37(34)28-32)41-18-10-20-44-45(41)40-17-7-8-19-43(40)49-44/h2-26,28-29,46H,27,30H2,1H3/q+1. The second kappa shape index (κ2) is 12.2. The summed E-state index contributed by atoms with van der Waals surface area (Å²) in [6.07, 6.45) is 0.580. The van der Waals surface area contributed by atoms with Crippen molar-refractivity contribution in [2.75, 3.05) is 0 Å². The van der Waals surface area contributed by atoms with Gasteiger partial charge >= 0.3 is 0 Å². The Bertz CT molecular complexity index is 2560. The first-order valence-electron chi connectivity index (χ1n) is 17.0. The molecule has 8 aromatic rings. The minimum atomic E-state index is -0.206. The van der Waals surface area contributed by atoms with Crippen molar-refractivity contribution in [3.63, 3.8) is 0 Å². The van der Waals surface area contributed by atoms with Crippen LogP contribution in [0.1, 0.15) is 36.2 Å². The molecule has 0 saturated carbocycles. The Morgan fingerprint density at radius 1 is 0.571 bits per heavy atom. The summed E-state index contributed by atoms with van der Waals surface area (Å²) in [5.41, 5.74) is 12.6. The van der Waals surface area contributed by atoms with Gasteiger partial charge in [0.15, 0.2) is 12.3 Å². The van der Waals surface area contributed by atoms with Crippen LogP contribution in [0, 0.1) is 0 Å². The van der Waals surface area contributed by atoms with Crippen LogP contribution in [0.5, 0.6) is 0 Å². The monoisotopic (exact) mass is 631 g/mol. The quantitative estimate of drug-likeness (QED) is 0.168. The highest BCUT2D eigenvalue weighted by molar-refractivity contribution is 6.12. The molecule has 1 unspecified atom stereocenters. The molecule has 1 aliphatic rings. The lowest BCUT2D eigenvalue weighted by Crippen LogP contribution is -2.30. The highest BCUT2D eigenvalue weighted by atomic mass is 16.3. The molecular formula is C46H35N2O+. The van der Waals surface area contributed by atoms with E-state index in [2.05, 4.69) is 169 Å². The van der Waals surface area contributed by atoms with Gasteiger partial charge in [-0.25, -0.2) is 9.57 Å². The van der Waals surface area contributed by atoms with Crippen LogP contribution in [0.25, 0.3) is 55.0 Å². The molecule has 2 heterocycles. The molecule has 3 heteroatoms. The molecule has 7 aromatic carbocycles. The fraction of sp³-hybridized carbons (Fsp3) is 0.0870. The van der Waals surface area contributed by atoms with Gasteiger partial charge in [-0.15, -0.1) is 0 Å². The zero-order valence-corrected chi connectivity index (χ0v) is 27.4.